The molecule has 60 valence electrons. The van der Waals surface area contributed by atoms with E-state index in [1.165, 1.54) is 0 Å². The van der Waals surface area contributed by atoms with Crippen LogP contribution in [0.1, 0.15) is 13.8 Å². The number of hydrogen-bond acceptors (Lipinski definition) is 1. The number of amides is 1. The minimum Gasteiger partial charge on any atom is -0.345 e. The summed E-state index contributed by atoms with van der Waals surface area (Å²) in [6.07, 6.45) is 1.96. The standard InChI is InChI=1S/C8H10ClNO/c1-4-5-3-6(9)8(5,2)10-7(4)11/h3-5H,1-2H3,(H,10,11)/t4-,5-,8-/m1/s1. The number of fused-ring (bicyclic) bond motifs is 1. The van der Waals surface area contributed by atoms with Gasteiger partial charge in [0.1, 0.15) is 0 Å². The van der Waals surface area contributed by atoms with Crippen LogP contribution < -0.4 is 5.32 Å². The van der Waals surface area contributed by atoms with Gasteiger partial charge in [0.15, 0.2) is 0 Å². The highest BCUT2D eigenvalue weighted by Gasteiger charge is 2.54. The molecule has 1 N–H and O–H groups in total. The molecule has 1 heterocycles. The SMILES string of the molecule is C[C@H]1C(=O)N[C@@]2(C)C(Cl)=C[C@H]12. The third kappa shape index (κ3) is 0.658. The molecular weight excluding hydrogens is 162 g/mol. The number of carbonyl (C=O) groups excluding carboxylic acids is 1. The van der Waals surface area contributed by atoms with Gasteiger partial charge in [-0.05, 0) is 6.92 Å². The number of rotatable bonds is 0. The molecule has 1 aliphatic heterocycles. The molecule has 0 unspecified atom stereocenters. The summed E-state index contributed by atoms with van der Waals surface area (Å²) in [5, 5.41) is 3.67. The number of halogens is 1. The molecule has 2 nitrogen and oxygen atoms in total. The van der Waals surface area contributed by atoms with Crippen LogP contribution in [-0.2, 0) is 4.79 Å². The summed E-state index contributed by atoms with van der Waals surface area (Å²) in [7, 11) is 0. The Labute approximate surface area is 70.6 Å². The van der Waals surface area contributed by atoms with E-state index < -0.39 is 0 Å². The van der Waals surface area contributed by atoms with E-state index in [1.807, 2.05) is 19.9 Å². The molecule has 3 heteroatoms. The monoisotopic (exact) mass is 171 g/mol. The molecule has 2 aliphatic rings. The first-order chi connectivity index (χ1) is 5.05. The number of nitrogens with one attached hydrogen (secondary N) is 1. The zero-order chi connectivity index (χ0) is 8.22. The summed E-state index contributed by atoms with van der Waals surface area (Å²) < 4.78 is 0. The maximum Gasteiger partial charge on any atom is 0.224 e. The van der Waals surface area contributed by atoms with Gasteiger partial charge < -0.3 is 5.32 Å². The lowest BCUT2D eigenvalue weighted by Gasteiger charge is -2.38. The van der Waals surface area contributed by atoms with Gasteiger partial charge in [-0.1, -0.05) is 24.6 Å². The Morgan fingerprint density at radius 2 is 2.36 bits per heavy atom. The Bertz CT molecular complexity index is 261. The third-order valence-electron chi connectivity index (χ3n) is 2.82. The van der Waals surface area contributed by atoms with Crippen molar-refractivity contribution >= 4 is 17.5 Å². The van der Waals surface area contributed by atoms with Crippen LogP contribution in [0.15, 0.2) is 11.1 Å². The average Bonchev–Trinajstić information content (AvgIpc) is 2.12. The lowest BCUT2D eigenvalue weighted by atomic mass is 9.73. The lowest BCUT2D eigenvalue weighted by molar-refractivity contribution is -0.122. The molecule has 1 fully saturated rings. The molecule has 2 rings (SSSR count). The van der Waals surface area contributed by atoms with E-state index in [9.17, 15) is 4.79 Å². The predicted molar refractivity (Wildman–Crippen MR) is 43.1 cm³/mol. The zero-order valence-electron chi connectivity index (χ0n) is 6.52. The Morgan fingerprint density at radius 1 is 1.73 bits per heavy atom. The van der Waals surface area contributed by atoms with Crippen LogP contribution in [0, 0.1) is 11.8 Å². The fourth-order valence-corrected chi connectivity index (χ4v) is 2.19. The van der Waals surface area contributed by atoms with Crippen LogP contribution in [0.5, 0.6) is 0 Å². The van der Waals surface area contributed by atoms with Gasteiger partial charge >= 0.3 is 0 Å². The van der Waals surface area contributed by atoms with Crippen molar-refractivity contribution in [3.63, 3.8) is 0 Å². The molecule has 1 aliphatic carbocycles. The van der Waals surface area contributed by atoms with Gasteiger partial charge in [-0.25, -0.2) is 0 Å². The molecular formula is C8H10ClNO. The first-order valence-electron chi connectivity index (χ1n) is 3.75. The van der Waals surface area contributed by atoms with E-state index in [0.29, 0.717) is 5.92 Å². The van der Waals surface area contributed by atoms with E-state index in [4.69, 9.17) is 11.6 Å². The van der Waals surface area contributed by atoms with E-state index >= 15 is 0 Å². The molecule has 0 bridgehead atoms. The smallest absolute Gasteiger partial charge is 0.224 e. The molecule has 11 heavy (non-hydrogen) atoms. The second kappa shape index (κ2) is 1.81. The van der Waals surface area contributed by atoms with E-state index in [0.717, 1.165) is 5.03 Å². The normalized spacial score (nSPS) is 47.5. The number of hydrogen-bond donors (Lipinski definition) is 1. The van der Waals surface area contributed by atoms with Gasteiger partial charge in [-0.3, -0.25) is 4.79 Å². The summed E-state index contributed by atoms with van der Waals surface area (Å²) in [6.45, 7) is 3.91. The minimum absolute atomic E-state index is 0.0856. The minimum atomic E-state index is -0.238. The van der Waals surface area contributed by atoms with Gasteiger partial charge in [0, 0.05) is 16.9 Å². The van der Waals surface area contributed by atoms with Crippen LogP contribution in [0.2, 0.25) is 0 Å². The molecule has 0 aromatic carbocycles. The molecule has 0 aromatic heterocycles. The van der Waals surface area contributed by atoms with Crippen molar-refractivity contribution in [3.05, 3.63) is 11.1 Å². The third-order valence-corrected chi connectivity index (χ3v) is 3.34. The fraction of sp³-hybridized carbons (Fsp3) is 0.625. The zero-order valence-corrected chi connectivity index (χ0v) is 7.27. The second-order valence-electron chi connectivity index (χ2n) is 3.52. The van der Waals surface area contributed by atoms with Gasteiger partial charge in [-0.2, -0.15) is 0 Å². The summed E-state index contributed by atoms with van der Waals surface area (Å²) in [4.78, 5) is 11.2. The molecule has 0 aromatic rings. The quantitative estimate of drug-likeness (QED) is 0.584. The predicted octanol–water partition coefficient (Wildman–Crippen LogP) is 1.26. The average molecular weight is 172 g/mol. The molecule has 1 saturated heterocycles. The molecule has 3 atom stereocenters. The van der Waals surface area contributed by atoms with Crippen molar-refractivity contribution in [1.29, 1.82) is 0 Å². The van der Waals surface area contributed by atoms with E-state index in [2.05, 4.69) is 5.32 Å². The van der Waals surface area contributed by atoms with Gasteiger partial charge in [0.05, 0.1) is 5.54 Å². The summed E-state index contributed by atoms with van der Waals surface area (Å²) >= 11 is 5.87. The summed E-state index contributed by atoms with van der Waals surface area (Å²) in [5.74, 6) is 0.509. The summed E-state index contributed by atoms with van der Waals surface area (Å²) in [6, 6.07) is 0. The van der Waals surface area contributed by atoms with Gasteiger partial charge in [0.2, 0.25) is 5.91 Å². The van der Waals surface area contributed by atoms with Gasteiger partial charge in [-0.15, -0.1) is 0 Å². The molecule has 0 saturated carbocycles. The first-order valence-corrected chi connectivity index (χ1v) is 4.13. The van der Waals surface area contributed by atoms with E-state index in [-0.39, 0.29) is 17.4 Å². The summed E-state index contributed by atoms with van der Waals surface area (Å²) in [5.41, 5.74) is -0.238. The Morgan fingerprint density at radius 3 is 2.73 bits per heavy atom. The van der Waals surface area contributed by atoms with Crippen LogP contribution >= 0.6 is 11.6 Å². The fourth-order valence-electron chi connectivity index (χ4n) is 1.88. The van der Waals surface area contributed by atoms with Crippen LogP contribution in [0.3, 0.4) is 0 Å². The van der Waals surface area contributed by atoms with Crippen molar-refractivity contribution in [2.75, 3.05) is 0 Å². The second-order valence-corrected chi connectivity index (χ2v) is 3.93. The van der Waals surface area contributed by atoms with Crippen molar-refractivity contribution < 1.29 is 4.79 Å². The van der Waals surface area contributed by atoms with Crippen molar-refractivity contribution in [2.45, 2.75) is 19.4 Å². The van der Waals surface area contributed by atoms with Crippen molar-refractivity contribution in [1.82, 2.24) is 5.32 Å². The van der Waals surface area contributed by atoms with E-state index in [1.54, 1.807) is 0 Å². The lowest BCUT2D eigenvalue weighted by Crippen LogP contribution is -2.48. The maximum absolute atomic E-state index is 11.2. The van der Waals surface area contributed by atoms with Gasteiger partial charge in [0.25, 0.3) is 0 Å². The van der Waals surface area contributed by atoms with Crippen LogP contribution in [-0.4, -0.2) is 11.4 Å². The Hall–Kier alpha value is -0.500. The topological polar surface area (TPSA) is 29.1 Å². The van der Waals surface area contributed by atoms with Crippen molar-refractivity contribution in [2.24, 2.45) is 11.8 Å². The molecule has 0 radical (unpaired) electrons. The highest BCUT2D eigenvalue weighted by atomic mass is 35.5. The van der Waals surface area contributed by atoms with Crippen molar-refractivity contribution in [3.8, 4) is 0 Å². The highest BCUT2D eigenvalue weighted by Crippen LogP contribution is 2.48. The molecule has 0 spiro atoms. The number of carbonyl (C=O) groups is 1. The highest BCUT2D eigenvalue weighted by molar-refractivity contribution is 6.32. The van der Waals surface area contributed by atoms with Crippen LogP contribution in [0.25, 0.3) is 0 Å². The largest absolute Gasteiger partial charge is 0.345 e. The maximum atomic E-state index is 11.2. The first kappa shape index (κ1) is 7.17. The molecule has 1 amide bonds. The Balaban J connectivity index is 2.36. The van der Waals surface area contributed by atoms with Crippen LogP contribution in [0.4, 0.5) is 0 Å². The Kier molecular flexibility index (Phi) is 1.18.